The number of halogens is 1. The van der Waals surface area contributed by atoms with Crippen LogP contribution in [0.5, 0.6) is 0 Å². The van der Waals surface area contributed by atoms with Crippen molar-refractivity contribution in [3.8, 4) is 0 Å². The lowest BCUT2D eigenvalue weighted by atomic mass is 10.2. The van der Waals surface area contributed by atoms with Crippen LogP contribution >= 0.6 is 35.7 Å². The molecule has 1 aromatic rings. The first kappa shape index (κ1) is 28.5. The van der Waals surface area contributed by atoms with Crippen LogP contribution in [-0.2, 0) is 13.0 Å². The molecule has 7 nitrogen and oxygen atoms in total. The summed E-state index contributed by atoms with van der Waals surface area (Å²) in [5, 5.41) is 16.6. The molecule has 31 heavy (non-hydrogen) atoms. The fraction of sp³-hybridized carbons (Fsp3) is 0.864. The number of nitrogens with one attached hydrogen (secondary N) is 2. The van der Waals surface area contributed by atoms with Crippen molar-refractivity contribution in [2.24, 2.45) is 10.9 Å². The highest BCUT2D eigenvalue weighted by atomic mass is 127. The highest BCUT2D eigenvalue weighted by Gasteiger charge is 2.12. The summed E-state index contributed by atoms with van der Waals surface area (Å²) < 4.78 is 2.27. The standard InChI is InChI=1S/C22H43N7S.HI/c1-5-23-21(25-14-11-17-28-15-8-6-7-9-16-28)24-13-10-12-20-26-27-22(30-4)29(20)18-19(2)3;/h19H,5-18H2,1-4H3,(H2,23,24,25);1H. The molecule has 2 heterocycles. The smallest absolute Gasteiger partial charge is 0.191 e. The summed E-state index contributed by atoms with van der Waals surface area (Å²) >= 11 is 1.67. The summed E-state index contributed by atoms with van der Waals surface area (Å²) in [6, 6.07) is 0. The minimum atomic E-state index is 0. The fourth-order valence-electron chi connectivity index (χ4n) is 3.84. The van der Waals surface area contributed by atoms with E-state index >= 15 is 0 Å². The van der Waals surface area contributed by atoms with Gasteiger partial charge >= 0.3 is 0 Å². The van der Waals surface area contributed by atoms with E-state index in [1.54, 1.807) is 11.8 Å². The molecule has 1 aromatic heterocycles. The van der Waals surface area contributed by atoms with Crippen LogP contribution in [0.25, 0.3) is 0 Å². The maximum Gasteiger partial charge on any atom is 0.191 e. The molecular formula is C22H44IN7S. The summed E-state index contributed by atoms with van der Waals surface area (Å²) in [5.41, 5.74) is 0. The van der Waals surface area contributed by atoms with Crippen LogP contribution in [0.1, 0.15) is 65.1 Å². The first-order valence-corrected chi connectivity index (χ1v) is 13.1. The van der Waals surface area contributed by atoms with Gasteiger partial charge in [0.25, 0.3) is 0 Å². The van der Waals surface area contributed by atoms with Gasteiger partial charge in [0.15, 0.2) is 11.1 Å². The number of hydrogen-bond donors (Lipinski definition) is 2. The first-order valence-electron chi connectivity index (χ1n) is 11.8. The Morgan fingerprint density at radius 3 is 2.48 bits per heavy atom. The number of aryl methyl sites for hydroxylation is 1. The number of hydrogen-bond acceptors (Lipinski definition) is 5. The molecule has 2 rings (SSSR count). The van der Waals surface area contributed by atoms with Gasteiger partial charge in [-0.25, -0.2) is 0 Å². The van der Waals surface area contributed by atoms with Gasteiger partial charge in [0.2, 0.25) is 0 Å². The van der Waals surface area contributed by atoms with Crippen molar-refractivity contribution in [2.75, 3.05) is 45.5 Å². The van der Waals surface area contributed by atoms with Gasteiger partial charge in [-0.15, -0.1) is 34.2 Å². The topological polar surface area (TPSA) is 70.4 Å². The van der Waals surface area contributed by atoms with Crippen LogP contribution < -0.4 is 10.6 Å². The van der Waals surface area contributed by atoms with E-state index in [0.29, 0.717) is 5.92 Å². The molecule has 0 aromatic carbocycles. The van der Waals surface area contributed by atoms with Gasteiger partial charge in [-0.2, -0.15) is 0 Å². The summed E-state index contributed by atoms with van der Waals surface area (Å²) in [7, 11) is 0. The molecule has 0 spiro atoms. The number of guanidine groups is 1. The van der Waals surface area contributed by atoms with Crippen molar-refractivity contribution < 1.29 is 0 Å². The zero-order valence-corrected chi connectivity index (χ0v) is 23.2. The van der Waals surface area contributed by atoms with Gasteiger partial charge < -0.3 is 20.1 Å². The van der Waals surface area contributed by atoms with Gasteiger partial charge in [-0.1, -0.05) is 38.5 Å². The highest BCUT2D eigenvalue weighted by Crippen LogP contribution is 2.16. The molecule has 0 amide bonds. The Hall–Kier alpha value is -0.550. The molecular weight excluding hydrogens is 521 g/mol. The zero-order chi connectivity index (χ0) is 21.6. The van der Waals surface area contributed by atoms with E-state index in [2.05, 4.69) is 57.3 Å². The van der Waals surface area contributed by atoms with Gasteiger partial charge in [0.1, 0.15) is 5.82 Å². The van der Waals surface area contributed by atoms with Crippen molar-refractivity contribution in [3.05, 3.63) is 5.82 Å². The zero-order valence-electron chi connectivity index (χ0n) is 20.0. The molecule has 180 valence electrons. The molecule has 1 fully saturated rings. The number of nitrogens with zero attached hydrogens (tertiary/aromatic N) is 5. The third-order valence-electron chi connectivity index (χ3n) is 5.34. The lowest BCUT2D eigenvalue weighted by Gasteiger charge is -2.20. The van der Waals surface area contributed by atoms with E-state index in [4.69, 9.17) is 4.99 Å². The van der Waals surface area contributed by atoms with Crippen molar-refractivity contribution in [1.29, 1.82) is 0 Å². The molecule has 0 aliphatic carbocycles. The second-order valence-electron chi connectivity index (χ2n) is 8.51. The minimum absolute atomic E-state index is 0. The molecule has 1 aliphatic heterocycles. The number of thioether (sulfide) groups is 1. The molecule has 0 atom stereocenters. The molecule has 0 unspecified atom stereocenters. The number of likely N-dealkylation sites (tertiary alicyclic amines) is 1. The molecule has 0 saturated carbocycles. The first-order chi connectivity index (χ1) is 14.6. The third-order valence-corrected chi connectivity index (χ3v) is 6.01. The predicted molar refractivity (Wildman–Crippen MR) is 144 cm³/mol. The van der Waals surface area contributed by atoms with E-state index in [0.717, 1.165) is 56.0 Å². The Balaban J connectivity index is 0.00000480. The van der Waals surface area contributed by atoms with Crippen LogP contribution in [0.15, 0.2) is 10.1 Å². The second kappa shape index (κ2) is 17.0. The average Bonchev–Trinajstić information content (AvgIpc) is 2.92. The average molecular weight is 566 g/mol. The fourth-order valence-corrected chi connectivity index (χ4v) is 4.37. The van der Waals surface area contributed by atoms with Crippen LogP contribution in [0, 0.1) is 5.92 Å². The van der Waals surface area contributed by atoms with E-state index in [1.807, 2.05) is 0 Å². The predicted octanol–water partition coefficient (Wildman–Crippen LogP) is 4.03. The van der Waals surface area contributed by atoms with E-state index < -0.39 is 0 Å². The lowest BCUT2D eigenvalue weighted by Crippen LogP contribution is -2.39. The SMILES string of the molecule is CCNC(=NCCCc1nnc(SC)n1CC(C)C)NCCCN1CCCCCC1.I. The maximum absolute atomic E-state index is 4.76. The molecule has 0 radical (unpaired) electrons. The summed E-state index contributed by atoms with van der Waals surface area (Å²) in [6.45, 7) is 14.0. The Bertz CT molecular complexity index is 613. The highest BCUT2D eigenvalue weighted by molar-refractivity contribution is 14.0. The van der Waals surface area contributed by atoms with Gasteiger partial charge in [0.05, 0.1) is 0 Å². The molecule has 1 saturated heterocycles. The molecule has 2 N–H and O–H groups in total. The molecule has 0 bridgehead atoms. The quantitative estimate of drug-likeness (QED) is 0.131. The van der Waals surface area contributed by atoms with Crippen LogP contribution in [-0.4, -0.2) is 71.1 Å². The Morgan fingerprint density at radius 2 is 1.84 bits per heavy atom. The number of aromatic nitrogens is 3. The maximum atomic E-state index is 4.76. The van der Waals surface area contributed by atoms with E-state index in [-0.39, 0.29) is 24.0 Å². The molecule has 9 heteroatoms. The minimum Gasteiger partial charge on any atom is -0.357 e. The second-order valence-corrected chi connectivity index (χ2v) is 9.28. The number of aliphatic imine (C=N–C) groups is 1. The summed E-state index contributed by atoms with van der Waals surface area (Å²) in [6.07, 6.45) is 10.7. The number of rotatable bonds is 12. The third kappa shape index (κ3) is 11.2. The van der Waals surface area contributed by atoms with E-state index in [9.17, 15) is 0 Å². The molecule has 1 aliphatic rings. The monoisotopic (exact) mass is 565 g/mol. The normalized spacial score (nSPS) is 15.6. The van der Waals surface area contributed by atoms with Crippen molar-refractivity contribution in [2.45, 2.75) is 77.4 Å². The van der Waals surface area contributed by atoms with E-state index in [1.165, 1.54) is 51.7 Å². The van der Waals surface area contributed by atoms with Crippen molar-refractivity contribution >= 4 is 41.7 Å². The van der Waals surface area contributed by atoms with Gasteiger partial charge in [-0.3, -0.25) is 4.99 Å². The van der Waals surface area contributed by atoms with Crippen LogP contribution in [0.3, 0.4) is 0 Å². The van der Waals surface area contributed by atoms with Crippen LogP contribution in [0.4, 0.5) is 0 Å². The summed E-state index contributed by atoms with van der Waals surface area (Å²) in [5.74, 6) is 2.60. The van der Waals surface area contributed by atoms with Gasteiger partial charge in [-0.05, 0) is 64.4 Å². The largest absolute Gasteiger partial charge is 0.357 e. The Kier molecular flexibility index (Phi) is 15.6. The Morgan fingerprint density at radius 1 is 1.10 bits per heavy atom. The van der Waals surface area contributed by atoms with Crippen molar-refractivity contribution in [3.63, 3.8) is 0 Å². The van der Waals surface area contributed by atoms with Crippen molar-refractivity contribution in [1.82, 2.24) is 30.3 Å². The van der Waals surface area contributed by atoms with Gasteiger partial charge in [0, 0.05) is 32.6 Å². The Labute approximate surface area is 211 Å². The summed E-state index contributed by atoms with van der Waals surface area (Å²) in [4.78, 5) is 7.38. The van der Waals surface area contributed by atoms with Crippen LogP contribution in [0.2, 0.25) is 0 Å². The lowest BCUT2D eigenvalue weighted by molar-refractivity contribution is 0.282.